The van der Waals surface area contributed by atoms with Crippen molar-refractivity contribution < 1.29 is 9.59 Å². The third-order valence-electron chi connectivity index (χ3n) is 5.21. The molecule has 0 bridgehead atoms. The van der Waals surface area contributed by atoms with Gasteiger partial charge < -0.3 is 15.1 Å². The number of nitrogens with one attached hydrogen (secondary N) is 1. The van der Waals surface area contributed by atoms with Gasteiger partial charge in [-0.05, 0) is 41.8 Å². The van der Waals surface area contributed by atoms with E-state index in [-0.39, 0.29) is 11.8 Å². The summed E-state index contributed by atoms with van der Waals surface area (Å²) in [6.07, 6.45) is 1.42. The molecule has 0 radical (unpaired) electrons. The Bertz CT molecular complexity index is 816. The van der Waals surface area contributed by atoms with Gasteiger partial charge in [-0.2, -0.15) is 0 Å². The first-order chi connectivity index (χ1) is 12.7. The fraction of sp³-hybridized carbons (Fsp3) is 0.333. The molecule has 0 aliphatic carbocycles. The molecule has 0 aromatic heterocycles. The van der Waals surface area contributed by atoms with Crippen molar-refractivity contribution in [2.45, 2.75) is 19.4 Å². The molecule has 134 valence electrons. The molecule has 1 N–H and O–H groups in total. The summed E-state index contributed by atoms with van der Waals surface area (Å²) in [6.45, 7) is 3.47. The summed E-state index contributed by atoms with van der Waals surface area (Å²) in [4.78, 5) is 28.2. The van der Waals surface area contributed by atoms with Crippen LogP contribution in [-0.4, -0.2) is 42.9 Å². The van der Waals surface area contributed by atoms with Crippen LogP contribution < -0.4 is 10.2 Å². The number of anilines is 1. The minimum atomic E-state index is -0.00274. The Kier molecular flexibility index (Phi) is 4.61. The third kappa shape index (κ3) is 3.43. The molecule has 26 heavy (non-hydrogen) atoms. The lowest BCUT2D eigenvalue weighted by atomic mass is 9.99. The second-order valence-electron chi connectivity index (χ2n) is 6.88. The minimum absolute atomic E-state index is 0.00274. The number of carbonyl (C=O) groups is 2. The predicted molar refractivity (Wildman–Crippen MR) is 101 cm³/mol. The van der Waals surface area contributed by atoms with Crippen LogP contribution in [0.2, 0.25) is 0 Å². The Morgan fingerprint density at radius 2 is 1.65 bits per heavy atom. The first-order valence-corrected chi connectivity index (χ1v) is 9.18. The minimum Gasteiger partial charge on any atom is -0.367 e. The standard InChI is InChI=1S/C21H23N3O2/c25-20-10-13-23(14-11-22-20)21(26)17-5-7-19(8-6-17)24-12-9-16-3-1-2-4-18(16)15-24/h1-8H,9-15H2,(H,22,25). The normalized spacial score (nSPS) is 17.3. The van der Waals surface area contributed by atoms with Crippen molar-refractivity contribution in [2.24, 2.45) is 0 Å². The van der Waals surface area contributed by atoms with E-state index in [0.717, 1.165) is 25.2 Å². The molecule has 2 heterocycles. The Balaban J connectivity index is 1.45. The number of hydrogen-bond donors (Lipinski definition) is 1. The molecule has 0 saturated carbocycles. The average Bonchev–Trinajstić information content (AvgIpc) is 2.92. The van der Waals surface area contributed by atoms with Gasteiger partial charge in [0.1, 0.15) is 0 Å². The molecule has 0 unspecified atom stereocenters. The second-order valence-corrected chi connectivity index (χ2v) is 6.88. The van der Waals surface area contributed by atoms with Gasteiger partial charge in [-0.1, -0.05) is 24.3 Å². The van der Waals surface area contributed by atoms with Crippen LogP contribution >= 0.6 is 0 Å². The maximum atomic E-state index is 12.7. The van der Waals surface area contributed by atoms with Gasteiger partial charge in [0.15, 0.2) is 0 Å². The maximum absolute atomic E-state index is 12.7. The largest absolute Gasteiger partial charge is 0.367 e. The summed E-state index contributed by atoms with van der Waals surface area (Å²) >= 11 is 0. The Morgan fingerprint density at radius 3 is 2.46 bits per heavy atom. The fourth-order valence-corrected chi connectivity index (χ4v) is 3.68. The van der Waals surface area contributed by atoms with E-state index < -0.39 is 0 Å². The second kappa shape index (κ2) is 7.20. The Hall–Kier alpha value is -2.82. The number of nitrogens with zero attached hydrogens (tertiary/aromatic N) is 2. The van der Waals surface area contributed by atoms with Gasteiger partial charge in [0, 0.05) is 50.4 Å². The third-order valence-corrected chi connectivity index (χ3v) is 5.21. The highest BCUT2D eigenvalue weighted by atomic mass is 16.2. The van der Waals surface area contributed by atoms with Gasteiger partial charge in [0.25, 0.3) is 5.91 Å². The van der Waals surface area contributed by atoms with Crippen molar-refractivity contribution in [3.63, 3.8) is 0 Å². The monoisotopic (exact) mass is 349 g/mol. The highest BCUT2D eigenvalue weighted by Crippen LogP contribution is 2.25. The summed E-state index contributed by atoms with van der Waals surface area (Å²) in [5.41, 5.74) is 4.63. The lowest BCUT2D eigenvalue weighted by molar-refractivity contribution is -0.120. The fourth-order valence-electron chi connectivity index (χ4n) is 3.68. The zero-order chi connectivity index (χ0) is 17.9. The number of amides is 2. The Morgan fingerprint density at radius 1 is 0.885 bits per heavy atom. The van der Waals surface area contributed by atoms with E-state index >= 15 is 0 Å². The Labute approximate surface area is 153 Å². The van der Waals surface area contributed by atoms with Crippen LogP contribution in [0.15, 0.2) is 48.5 Å². The predicted octanol–water partition coefficient (Wildman–Crippen LogP) is 2.21. The van der Waals surface area contributed by atoms with Gasteiger partial charge in [0.2, 0.25) is 5.91 Å². The summed E-state index contributed by atoms with van der Waals surface area (Å²) < 4.78 is 0. The van der Waals surface area contributed by atoms with Crippen molar-refractivity contribution in [3.05, 3.63) is 65.2 Å². The number of benzene rings is 2. The van der Waals surface area contributed by atoms with E-state index in [1.165, 1.54) is 11.1 Å². The quantitative estimate of drug-likeness (QED) is 0.904. The molecule has 0 atom stereocenters. The summed E-state index contributed by atoms with van der Waals surface area (Å²) in [7, 11) is 0. The van der Waals surface area contributed by atoms with Gasteiger partial charge in [-0.15, -0.1) is 0 Å². The highest BCUT2D eigenvalue weighted by Gasteiger charge is 2.20. The molecule has 4 rings (SSSR count). The van der Waals surface area contributed by atoms with E-state index in [2.05, 4.69) is 34.5 Å². The van der Waals surface area contributed by atoms with Crippen molar-refractivity contribution in [1.82, 2.24) is 10.2 Å². The van der Waals surface area contributed by atoms with Crippen molar-refractivity contribution in [2.75, 3.05) is 31.1 Å². The zero-order valence-corrected chi connectivity index (χ0v) is 14.8. The van der Waals surface area contributed by atoms with Gasteiger partial charge in [-0.25, -0.2) is 0 Å². The number of hydrogen-bond acceptors (Lipinski definition) is 3. The van der Waals surface area contributed by atoms with E-state index in [4.69, 9.17) is 0 Å². The molecule has 5 nitrogen and oxygen atoms in total. The van der Waals surface area contributed by atoms with Crippen LogP contribution in [-0.2, 0) is 17.8 Å². The maximum Gasteiger partial charge on any atom is 0.253 e. The van der Waals surface area contributed by atoms with Crippen molar-refractivity contribution >= 4 is 17.5 Å². The number of rotatable bonds is 2. The first kappa shape index (κ1) is 16.6. The molecule has 5 heteroatoms. The van der Waals surface area contributed by atoms with Crippen LogP contribution in [0.5, 0.6) is 0 Å². The highest BCUT2D eigenvalue weighted by molar-refractivity contribution is 5.95. The molecule has 2 aliphatic heterocycles. The van der Waals surface area contributed by atoms with Gasteiger partial charge in [-0.3, -0.25) is 9.59 Å². The van der Waals surface area contributed by atoms with Crippen molar-refractivity contribution in [3.8, 4) is 0 Å². The van der Waals surface area contributed by atoms with Crippen LogP contribution in [0.1, 0.15) is 27.9 Å². The zero-order valence-electron chi connectivity index (χ0n) is 14.8. The van der Waals surface area contributed by atoms with Crippen molar-refractivity contribution in [1.29, 1.82) is 0 Å². The van der Waals surface area contributed by atoms with Crippen LogP contribution in [0.3, 0.4) is 0 Å². The van der Waals surface area contributed by atoms with E-state index in [9.17, 15) is 9.59 Å². The van der Waals surface area contributed by atoms with E-state index in [0.29, 0.717) is 31.6 Å². The average molecular weight is 349 g/mol. The SMILES string of the molecule is O=C1CCN(C(=O)c2ccc(N3CCc4ccccc4C3)cc2)CCN1. The molecule has 1 saturated heterocycles. The van der Waals surface area contributed by atoms with E-state index in [1.54, 1.807) is 4.90 Å². The molecule has 2 amide bonds. The first-order valence-electron chi connectivity index (χ1n) is 9.18. The molecule has 2 aromatic rings. The van der Waals surface area contributed by atoms with E-state index in [1.807, 2.05) is 24.3 Å². The number of fused-ring (bicyclic) bond motifs is 1. The van der Waals surface area contributed by atoms with Crippen LogP contribution in [0.4, 0.5) is 5.69 Å². The van der Waals surface area contributed by atoms with Crippen LogP contribution in [0, 0.1) is 0 Å². The molecule has 1 fully saturated rings. The summed E-state index contributed by atoms with van der Waals surface area (Å²) in [5, 5.41) is 2.80. The molecule has 2 aliphatic rings. The molecule has 2 aromatic carbocycles. The molecular weight excluding hydrogens is 326 g/mol. The number of carbonyl (C=O) groups excluding carboxylic acids is 2. The summed E-state index contributed by atoms with van der Waals surface area (Å²) in [6, 6.07) is 16.4. The lowest BCUT2D eigenvalue weighted by Gasteiger charge is -2.31. The lowest BCUT2D eigenvalue weighted by Crippen LogP contribution is -2.34. The molecule has 0 spiro atoms. The van der Waals surface area contributed by atoms with Gasteiger partial charge in [0.05, 0.1) is 0 Å². The topological polar surface area (TPSA) is 52.7 Å². The smallest absolute Gasteiger partial charge is 0.253 e. The molecular formula is C21H23N3O2. The van der Waals surface area contributed by atoms with Gasteiger partial charge >= 0.3 is 0 Å². The summed E-state index contributed by atoms with van der Waals surface area (Å²) in [5.74, 6) is 0.0121. The van der Waals surface area contributed by atoms with Crippen LogP contribution in [0.25, 0.3) is 0 Å².